The Morgan fingerprint density at radius 3 is 2.65 bits per heavy atom. The summed E-state index contributed by atoms with van der Waals surface area (Å²) in [6.07, 6.45) is 5.30. The zero-order valence-corrected chi connectivity index (χ0v) is 9.77. The number of amides is 1. The number of pyridine rings is 2. The summed E-state index contributed by atoms with van der Waals surface area (Å²) in [4.78, 5) is 19.1. The van der Waals surface area contributed by atoms with Crippen LogP contribution in [0.3, 0.4) is 0 Å². The second-order valence-electron chi connectivity index (χ2n) is 3.80. The first-order valence-corrected chi connectivity index (χ1v) is 5.31. The van der Waals surface area contributed by atoms with Crippen LogP contribution in [0.5, 0.6) is 0 Å². The number of aryl methyl sites for hydroxylation is 1. The topological polar surface area (TPSA) is 54.9 Å². The lowest BCUT2D eigenvalue weighted by Gasteiger charge is -2.06. The van der Waals surface area contributed by atoms with E-state index in [1.807, 2.05) is 25.3 Å². The molecule has 2 heterocycles. The summed E-state index contributed by atoms with van der Waals surface area (Å²) >= 11 is 0. The molecule has 0 atom stereocenters. The quantitative estimate of drug-likeness (QED) is 0.857. The van der Waals surface area contributed by atoms with Crippen LogP contribution in [0.4, 0.5) is 5.82 Å². The summed E-state index contributed by atoms with van der Waals surface area (Å²) in [6, 6.07) is 5.66. The van der Waals surface area contributed by atoms with E-state index in [0.717, 1.165) is 16.7 Å². The SMILES string of the molecule is CC(=O)Nc1ccc(-c2cnccc2C)cn1. The smallest absolute Gasteiger partial charge is 0.222 e. The van der Waals surface area contributed by atoms with Crippen molar-refractivity contribution in [3.8, 4) is 11.1 Å². The molecule has 4 heteroatoms. The molecule has 0 bridgehead atoms. The van der Waals surface area contributed by atoms with Gasteiger partial charge in [-0.3, -0.25) is 9.78 Å². The van der Waals surface area contributed by atoms with Crippen LogP contribution in [0.15, 0.2) is 36.8 Å². The minimum Gasteiger partial charge on any atom is -0.311 e. The van der Waals surface area contributed by atoms with Crippen LogP contribution in [-0.4, -0.2) is 15.9 Å². The first-order valence-electron chi connectivity index (χ1n) is 5.31. The summed E-state index contributed by atoms with van der Waals surface area (Å²) in [6.45, 7) is 3.49. The van der Waals surface area contributed by atoms with Crippen molar-refractivity contribution in [1.29, 1.82) is 0 Å². The van der Waals surface area contributed by atoms with Crippen LogP contribution < -0.4 is 5.32 Å². The van der Waals surface area contributed by atoms with Gasteiger partial charge in [0.05, 0.1) is 0 Å². The van der Waals surface area contributed by atoms with Gasteiger partial charge in [-0.1, -0.05) is 0 Å². The minimum absolute atomic E-state index is 0.122. The number of carbonyl (C=O) groups is 1. The summed E-state index contributed by atoms with van der Waals surface area (Å²) in [5.41, 5.74) is 3.19. The van der Waals surface area contributed by atoms with E-state index in [0.29, 0.717) is 5.82 Å². The fourth-order valence-electron chi connectivity index (χ4n) is 1.57. The monoisotopic (exact) mass is 227 g/mol. The first kappa shape index (κ1) is 11.3. The van der Waals surface area contributed by atoms with Crippen LogP contribution in [0, 0.1) is 6.92 Å². The van der Waals surface area contributed by atoms with Gasteiger partial charge in [-0.05, 0) is 30.7 Å². The Morgan fingerprint density at radius 1 is 1.24 bits per heavy atom. The van der Waals surface area contributed by atoms with E-state index >= 15 is 0 Å². The Morgan fingerprint density at radius 2 is 2.06 bits per heavy atom. The lowest BCUT2D eigenvalue weighted by atomic mass is 10.1. The van der Waals surface area contributed by atoms with E-state index in [1.165, 1.54) is 6.92 Å². The van der Waals surface area contributed by atoms with Crippen molar-refractivity contribution in [2.24, 2.45) is 0 Å². The number of hydrogen-bond donors (Lipinski definition) is 1. The van der Waals surface area contributed by atoms with Gasteiger partial charge >= 0.3 is 0 Å². The maximum atomic E-state index is 10.9. The molecule has 86 valence electrons. The maximum absolute atomic E-state index is 10.9. The van der Waals surface area contributed by atoms with Crippen molar-refractivity contribution in [2.75, 3.05) is 5.32 Å². The molecular weight excluding hydrogens is 214 g/mol. The number of rotatable bonds is 2. The zero-order valence-electron chi connectivity index (χ0n) is 9.77. The molecule has 0 fully saturated rings. The molecule has 0 radical (unpaired) electrons. The maximum Gasteiger partial charge on any atom is 0.222 e. The van der Waals surface area contributed by atoms with Crippen molar-refractivity contribution in [3.63, 3.8) is 0 Å². The molecule has 0 aliphatic heterocycles. The standard InChI is InChI=1S/C13H13N3O/c1-9-5-6-14-8-12(9)11-3-4-13(15-7-11)16-10(2)17/h3-8H,1-2H3,(H,15,16,17). The predicted molar refractivity (Wildman–Crippen MR) is 66.5 cm³/mol. The van der Waals surface area contributed by atoms with Crippen molar-refractivity contribution in [2.45, 2.75) is 13.8 Å². The van der Waals surface area contributed by atoms with E-state index in [-0.39, 0.29) is 5.91 Å². The van der Waals surface area contributed by atoms with Crippen LogP contribution in [0.2, 0.25) is 0 Å². The molecule has 0 aliphatic rings. The molecule has 0 aliphatic carbocycles. The fraction of sp³-hybridized carbons (Fsp3) is 0.154. The van der Waals surface area contributed by atoms with Gasteiger partial charge in [-0.15, -0.1) is 0 Å². The Balaban J connectivity index is 2.30. The number of hydrogen-bond acceptors (Lipinski definition) is 3. The minimum atomic E-state index is -0.122. The van der Waals surface area contributed by atoms with Crippen LogP contribution >= 0.6 is 0 Å². The van der Waals surface area contributed by atoms with Crippen LogP contribution in [0.1, 0.15) is 12.5 Å². The van der Waals surface area contributed by atoms with E-state index in [9.17, 15) is 4.79 Å². The highest BCUT2D eigenvalue weighted by Gasteiger charge is 2.03. The lowest BCUT2D eigenvalue weighted by molar-refractivity contribution is -0.114. The van der Waals surface area contributed by atoms with Gasteiger partial charge in [0.15, 0.2) is 0 Å². The highest BCUT2D eigenvalue weighted by molar-refractivity contribution is 5.87. The molecule has 0 saturated heterocycles. The van der Waals surface area contributed by atoms with Crippen LogP contribution in [0.25, 0.3) is 11.1 Å². The van der Waals surface area contributed by atoms with Gasteiger partial charge < -0.3 is 5.32 Å². The van der Waals surface area contributed by atoms with Crippen molar-refractivity contribution < 1.29 is 4.79 Å². The molecule has 1 amide bonds. The third kappa shape index (κ3) is 2.66. The van der Waals surface area contributed by atoms with E-state index in [2.05, 4.69) is 15.3 Å². The molecule has 0 spiro atoms. The molecule has 2 aromatic heterocycles. The lowest BCUT2D eigenvalue weighted by Crippen LogP contribution is -2.06. The Bertz CT molecular complexity index is 535. The van der Waals surface area contributed by atoms with Crippen molar-refractivity contribution >= 4 is 11.7 Å². The third-order valence-corrected chi connectivity index (χ3v) is 2.42. The predicted octanol–water partition coefficient (Wildman–Crippen LogP) is 2.41. The highest BCUT2D eigenvalue weighted by Crippen LogP contribution is 2.21. The molecule has 2 aromatic rings. The molecule has 4 nitrogen and oxygen atoms in total. The molecule has 0 saturated carbocycles. The second-order valence-corrected chi connectivity index (χ2v) is 3.80. The van der Waals surface area contributed by atoms with Gasteiger partial charge in [-0.2, -0.15) is 0 Å². The average Bonchev–Trinajstić information content (AvgIpc) is 2.30. The largest absolute Gasteiger partial charge is 0.311 e. The van der Waals surface area contributed by atoms with Crippen molar-refractivity contribution in [3.05, 3.63) is 42.4 Å². The van der Waals surface area contributed by atoms with Crippen LogP contribution in [-0.2, 0) is 4.79 Å². The van der Waals surface area contributed by atoms with Gasteiger partial charge in [-0.25, -0.2) is 4.98 Å². The van der Waals surface area contributed by atoms with E-state index < -0.39 is 0 Å². The summed E-state index contributed by atoms with van der Waals surface area (Å²) in [5, 5.41) is 2.63. The summed E-state index contributed by atoms with van der Waals surface area (Å²) < 4.78 is 0. The van der Waals surface area contributed by atoms with E-state index in [4.69, 9.17) is 0 Å². The molecular formula is C13H13N3O. The highest BCUT2D eigenvalue weighted by atomic mass is 16.1. The number of aromatic nitrogens is 2. The molecule has 0 unspecified atom stereocenters. The zero-order chi connectivity index (χ0) is 12.3. The molecule has 1 N–H and O–H groups in total. The number of nitrogens with one attached hydrogen (secondary N) is 1. The Kier molecular flexibility index (Phi) is 3.14. The average molecular weight is 227 g/mol. The Hall–Kier alpha value is -2.23. The van der Waals surface area contributed by atoms with Gasteiger partial charge in [0.2, 0.25) is 5.91 Å². The molecule has 2 rings (SSSR count). The molecule has 0 aromatic carbocycles. The number of anilines is 1. The van der Waals surface area contributed by atoms with Gasteiger partial charge in [0.1, 0.15) is 5.82 Å². The number of carbonyl (C=O) groups excluding carboxylic acids is 1. The second kappa shape index (κ2) is 4.74. The summed E-state index contributed by atoms with van der Waals surface area (Å²) in [7, 11) is 0. The first-order chi connectivity index (χ1) is 8.16. The van der Waals surface area contributed by atoms with Gasteiger partial charge in [0.25, 0.3) is 0 Å². The van der Waals surface area contributed by atoms with E-state index in [1.54, 1.807) is 18.5 Å². The number of nitrogens with zero attached hydrogens (tertiary/aromatic N) is 2. The van der Waals surface area contributed by atoms with Gasteiger partial charge in [0, 0.05) is 36.6 Å². The fourth-order valence-corrected chi connectivity index (χ4v) is 1.57. The third-order valence-electron chi connectivity index (χ3n) is 2.42. The summed E-state index contributed by atoms with van der Waals surface area (Å²) in [5.74, 6) is 0.436. The Labute approximate surface area is 99.7 Å². The molecule has 17 heavy (non-hydrogen) atoms. The normalized spacial score (nSPS) is 10.0. The van der Waals surface area contributed by atoms with Crippen molar-refractivity contribution in [1.82, 2.24) is 9.97 Å².